The molecule has 23 heavy (non-hydrogen) atoms. The van der Waals surface area contributed by atoms with Crippen molar-refractivity contribution in [2.45, 2.75) is 26.9 Å². The summed E-state index contributed by atoms with van der Waals surface area (Å²) >= 11 is 6.11. The minimum atomic E-state index is -0.752. The molecule has 2 aromatic rings. The predicted molar refractivity (Wildman–Crippen MR) is 89.4 cm³/mol. The molecule has 0 amide bonds. The van der Waals surface area contributed by atoms with Crippen LogP contribution in [0.2, 0.25) is 5.02 Å². The van der Waals surface area contributed by atoms with Gasteiger partial charge in [-0.1, -0.05) is 36.7 Å². The summed E-state index contributed by atoms with van der Waals surface area (Å²) in [5, 5.41) is 0.650. The van der Waals surface area contributed by atoms with Crippen molar-refractivity contribution in [2.24, 2.45) is 0 Å². The average Bonchev–Trinajstić information content (AvgIpc) is 2.56. The number of benzene rings is 2. The van der Waals surface area contributed by atoms with Gasteiger partial charge in [0, 0.05) is 10.6 Å². The van der Waals surface area contributed by atoms with E-state index in [1.54, 1.807) is 12.1 Å². The number of hydrogen-bond donors (Lipinski definition) is 0. The van der Waals surface area contributed by atoms with E-state index in [0.29, 0.717) is 16.5 Å². The number of carbonyl (C=O) groups excluding carboxylic acids is 1. The second kappa shape index (κ2) is 7.88. The Bertz CT molecular complexity index is 697. The molecule has 0 bridgehead atoms. The lowest BCUT2D eigenvalue weighted by Gasteiger charge is -2.14. The van der Waals surface area contributed by atoms with Gasteiger partial charge in [-0.2, -0.15) is 0 Å². The van der Waals surface area contributed by atoms with E-state index in [2.05, 4.69) is 4.74 Å². The van der Waals surface area contributed by atoms with Crippen molar-refractivity contribution >= 4 is 17.8 Å². The lowest BCUT2D eigenvalue weighted by molar-refractivity contribution is 0.120. The highest BCUT2D eigenvalue weighted by atomic mass is 35.5. The molecule has 0 unspecified atom stereocenters. The first-order valence-electron chi connectivity index (χ1n) is 7.30. The standard InChI is InChI=1S/C18H19ClO4/c1-4-13-6-5-7-17(23-18(20)21-3)15(13)11-22-14-9-8-12(2)16(19)10-14/h5-10H,4,11H2,1-3H3. The van der Waals surface area contributed by atoms with Crippen molar-refractivity contribution in [2.75, 3.05) is 7.11 Å². The zero-order valence-corrected chi connectivity index (χ0v) is 14.1. The summed E-state index contributed by atoms with van der Waals surface area (Å²) in [6.45, 7) is 4.24. The van der Waals surface area contributed by atoms with Crippen molar-refractivity contribution < 1.29 is 19.0 Å². The number of hydrogen-bond acceptors (Lipinski definition) is 4. The summed E-state index contributed by atoms with van der Waals surface area (Å²) < 4.78 is 15.6. The highest BCUT2D eigenvalue weighted by Gasteiger charge is 2.13. The molecular formula is C18H19ClO4. The minimum absolute atomic E-state index is 0.274. The van der Waals surface area contributed by atoms with Crippen LogP contribution in [0, 0.1) is 6.92 Å². The van der Waals surface area contributed by atoms with Gasteiger partial charge in [0.1, 0.15) is 18.1 Å². The topological polar surface area (TPSA) is 44.8 Å². The summed E-state index contributed by atoms with van der Waals surface area (Å²) in [7, 11) is 1.27. The fraction of sp³-hybridized carbons (Fsp3) is 0.278. The van der Waals surface area contributed by atoms with Crippen LogP contribution in [0.3, 0.4) is 0 Å². The third-order valence-corrected chi connectivity index (χ3v) is 3.90. The highest BCUT2D eigenvalue weighted by Crippen LogP contribution is 2.27. The van der Waals surface area contributed by atoms with E-state index >= 15 is 0 Å². The number of carbonyl (C=O) groups is 1. The summed E-state index contributed by atoms with van der Waals surface area (Å²) in [5.74, 6) is 1.10. The molecule has 0 aliphatic heterocycles. The first kappa shape index (κ1) is 17.2. The molecule has 4 nitrogen and oxygen atoms in total. The number of aryl methyl sites for hydroxylation is 2. The van der Waals surface area contributed by atoms with Crippen molar-refractivity contribution in [3.63, 3.8) is 0 Å². The van der Waals surface area contributed by atoms with Gasteiger partial charge in [-0.25, -0.2) is 4.79 Å². The van der Waals surface area contributed by atoms with E-state index in [9.17, 15) is 4.79 Å². The third kappa shape index (κ3) is 4.39. The van der Waals surface area contributed by atoms with Crippen LogP contribution in [0.4, 0.5) is 4.79 Å². The average molecular weight is 335 g/mol. The van der Waals surface area contributed by atoms with Crippen LogP contribution in [-0.4, -0.2) is 13.3 Å². The van der Waals surface area contributed by atoms with Crippen LogP contribution in [-0.2, 0) is 17.8 Å². The van der Waals surface area contributed by atoms with Gasteiger partial charge in [0.05, 0.1) is 7.11 Å². The van der Waals surface area contributed by atoms with Crippen LogP contribution in [0.5, 0.6) is 11.5 Å². The quantitative estimate of drug-likeness (QED) is 0.574. The first-order chi connectivity index (χ1) is 11.0. The SMILES string of the molecule is CCc1cccc(OC(=O)OC)c1COc1ccc(C)c(Cl)c1. The molecule has 0 N–H and O–H groups in total. The molecule has 0 saturated carbocycles. The zero-order chi connectivity index (χ0) is 16.8. The maximum absolute atomic E-state index is 11.4. The van der Waals surface area contributed by atoms with Gasteiger partial charge in [0.2, 0.25) is 0 Å². The Morgan fingerprint density at radius 2 is 2.00 bits per heavy atom. The molecule has 0 aliphatic carbocycles. The number of ether oxygens (including phenoxy) is 3. The normalized spacial score (nSPS) is 10.3. The maximum Gasteiger partial charge on any atom is 0.513 e. The second-order valence-corrected chi connectivity index (χ2v) is 5.41. The largest absolute Gasteiger partial charge is 0.513 e. The maximum atomic E-state index is 11.4. The first-order valence-corrected chi connectivity index (χ1v) is 7.68. The van der Waals surface area contributed by atoms with Crippen LogP contribution < -0.4 is 9.47 Å². The van der Waals surface area contributed by atoms with Crippen LogP contribution in [0.15, 0.2) is 36.4 Å². The summed E-state index contributed by atoms with van der Waals surface area (Å²) in [4.78, 5) is 11.4. The fourth-order valence-corrected chi connectivity index (χ4v) is 2.32. The Balaban J connectivity index is 2.22. The van der Waals surface area contributed by atoms with E-state index in [1.165, 1.54) is 7.11 Å². The molecule has 0 radical (unpaired) electrons. The van der Waals surface area contributed by atoms with Crippen LogP contribution >= 0.6 is 11.6 Å². The molecule has 0 aromatic heterocycles. The molecule has 0 spiro atoms. The van der Waals surface area contributed by atoms with Crippen LogP contribution in [0.1, 0.15) is 23.6 Å². The van der Waals surface area contributed by atoms with Crippen LogP contribution in [0.25, 0.3) is 0 Å². The smallest absolute Gasteiger partial charge is 0.489 e. The summed E-state index contributed by atoms with van der Waals surface area (Å²) in [6.07, 6.45) is 0.0454. The fourth-order valence-electron chi connectivity index (χ4n) is 2.15. The van der Waals surface area contributed by atoms with Gasteiger partial charge < -0.3 is 14.2 Å². The Hall–Kier alpha value is -2.20. The van der Waals surface area contributed by atoms with E-state index in [-0.39, 0.29) is 6.61 Å². The van der Waals surface area contributed by atoms with Gasteiger partial charge in [-0.3, -0.25) is 0 Å². The molecule has 122 valence electrons. The van der Waals surface area contributed by atoms with E-state index in [4.69, 9.17) is 21.1 Å². The lowest BCUT2D eigenvalue weighted by atomic mass is 10.0. The monoisotopic (exact) mass is 334 g/mol. The van der Waals surface area contributed by atoms with Gasteiger partial charge in [-0.05, 0) is 42.7 Å². The molecule has 5 heteroatoms. The Morgan fingerprint density at radius 3 is 2.65 bits per heavy atom. The van der Waals surface area contributed by atoms with E-state index in [0.717, 1.165) is 23.1 Å². The molecule has 2 rings (SSSR count). The van der Waals surface area contributed by atoms with Gasteiger partial charge in [-0.15, -0.1) is 0 Å². The van der Waals surface area contributed by atoms with Crippen molar-refractivity contribution in [3.05, 3.63) is 58.1 Å². The molecular weight excluding hydrogens is 316 g/mol. The second-order valence-electron chi connectivity index (χ2n) is 5.00. The van der Waals surface area contributed by atoms with E-state index < -0.39 is 6.16 Å². The van der Waals surface area contributed by atoms with Crippen molar-refractivity contribution in [1.82, 2.24) is 0 Å². The molecule has 0 fully saturated rings. The van der Waals surface area contributed by atoms with Gasteiger partial charge in [0.25, 0.3) is 0 Å². The number of halogens is 1. The van der Waals surface area contributed by atoms with Gasteiger partial charge in [0.15, 0.2) is 0 Å². The number of methoxy groups -OCH3 is 1. The molecule has 0 atom stereocenters. The highest BCUT2D eigenvalue weighted by molar-refractivity contribution is 6.31. The Labute approximate surface area is 140 Å². The molecule has 0 heterocycles. The minimum Gasteiger partial charge on any atom is -0.489 e. The zero-order valence-electron chi connectivity index (χ0n) is 13.4. The van der Waals surface area contributed by atoms with Crippen molar-refractivity contribution in [3.8, 4) is 11.5 Å². The summed E-state index contributed by atoms with van der Waals surface area (Å²) in [5.41, 5.74) is 2.85. The summed E-state index contributed by atoms with van der Waals surface area (Å²) in [6, 6.07) is 11.1. The van der Waals surface area contributed by atoms with Gasteiger partial charge >= 0.3 is 6.16 Å². The molecule has 2 aromatic carbocycles. The third-order valence-electron chi connectivity index (χ3n) is 3.50. The Kier molecular flexibility index (Phi) is 5.88. The lowest BCUT2D eigenvalue weighted by Crippen LogP contribution is -2.11. The van der Waals surface area contributed by atoms with Crippen molar-refractivity contribution in [1.29, 1.82) is 0 Å². The predicted octanol–water partition coefficient (Wildman–Crippen LogP) is 4.94. The van der Waals surface area contributed by atoms with E-state index in [1.807, 2.05) is 38.1 Å². The Morgan fingerprint density at radius 1 is 1.22 bits per heavy atom. The molecule has 0 aliphatic rings. The number of rotatable bonds is 5. The molecule has 0 saturated heterocycles.